The molecule has 2 aromatic rings. The van der Waals surface area contributed by atoms with Gasteiger partial charge in [0.05, 0.1) is 4.90 Å². The number of hydrogen-bond acceptors (Lipinski definition) is 5. The van der Waals surface area contributed by atoms with Gasteiger partial charge in [0.2, 0.25) is 10.0 Å². The van der Waals surface area contributed by atoms with E-state index in [1.807, 2.05) is 11.6 Å². The van der Waals surface area contributed by atoms with E-state index in [2.05, 4.69) is 9.71 Å². The van der Waals surface area contributed by atoms with Crippen molar-refractivity contribution in [1.29, 1.82) is 0 Å². The molecule has 9 heteroatoms. The van der Waals surface area contributed by atoms with Crippen LogP contribution in [0.25, 0.3) is 0 Å². The fraction of sp³-hybridized carbons (Fsp3) is 0.333. The highest BCUT2D eigenvalue weighted by molar-refractivity contribution is 7.89. The van der Waals surface area contributed by atoms with Gasteiger partial charge < -0.3 is 9.67 Å². The van der Waals surface area contributed by atoms with E-state index in [1.165, 1.54) is 6.07 Å². The number of carbonyl (C=O) groups is 1. The largest absolute Gasteiger partial charge is 0.477 e. The third-order valence-electron chi connectivity index (χ3n) is 2.93. The molecule has 2 N–H and O–H groups in total. The monoisotopic (exact) mass is 329 g/mol. The molecule has 21 heavy (non-hydrogen) atoms. The van der Waals surface area contributed by atoms with Crippen molar-refractivity contribution >= 4 is 27.3 Å². The van der Waals surface area contributed by atoms with Crippen molar-refractivity contribution in [1.82, 2.24) is 14.3 Å². The molecule has 0 fully saturated rings. The molecule has 0 bridgehead atoms. The number of aryl methyl sites for hydroxylation is 2. The summed E-state index contributed by atoms with van der Waals surface area (Å²) in [4.78, 5) is 15.5. The number of carboxylic acid groups (broad SMARTS) is 1. The Labute approximate surface area is 126 Å². The van der Waals surface area contributed by atoms with E-state index < -0.39 is 16.0 Å². The predicted molar refractivity (Wildman–Crippen MR) is 78.1 cm³/mol. The first kappa shape index (κ1) is 15.7. The second-order valence-corrected chi connectivity index (χ2v) is 7.43. The molecule has 0 saturated carbocycles. The summed E-state index contributed by atoms with van der Waals surface area (Å²) >= 11 is 0.948. The van der Waals surface area contributed by atoms with Crippen molar-refractivity contribution < 1.29 is 18.3 Å². The normalized spacial score (nSPS) is 11.7. The smallest absolute Gasteiger partial charge is 0.345 e. The molecule has 0 aliphatic rings. The number of rotatable bonds is 6. The lowest BCUT2D eigenvalue weighted by atomic mass is 10.4. The van der Waals surface area contributed by atoms with Gasteiger partial charge in [0.25, 0.3) is 0 Å². The van der Waals surface area contributed by atoms with E-state index in [9.17, 15) is 13.2 Å². The number of carboxylic acids is 1. The number of sulfonamides is 1. The summed E-state index contributed by atoms with van der Waals surface area (Å²) in [5, 5.41) is 8.90. The van der Waals surface area contributed by atoms with Crippen LogP contribution in [0.3, 0.4) is 0 Å². The van der Waals surface area contributed by atoms with Crippen LogP contribution in [0, 0.1) is 6.92 Å². The van der Waals surface area contributed by atoms with E-state index in [0.29, 0.717) is 11.3 Å². The molecule has 114 valence electrons. The van der Waals surface area contributed by atoms with Crippen LogP contribution < -0.4 is 4.72 Å². The van der Waals surface area contributed by atoms with Crippen LogP contribution in [0.4, 0.5) is 0 Å². The van der Waals surface area contributed by atoms with Gasteiger partial charge in [-0.15, -0.1) is 11.3 Å². The zero-order valence-corrected chi connectivity index (χ0v) is 13.2. The van der Waals surface area contributed by atoms with Gasteiger partial charge in [0, 0.05) is 37.3 Å². The second-order valence-electron chi connectivity index (χ2n) is 4.44. The number of hydrogen-bond donors (Lipinski definition) is 2. The molecule has 0 saturated heterocycles. The molecule has 7 nitrogen and oxygen atoms in total. The SMILES string of the molecule is Cc1sc(C(=O)O)cc1S(=O)(=O)NCCc1nccn1C. The molecule has 0 radical (unpaired) electrons. The molecule has 0 aromatic carbocycles. The quantitative estimate of drug-likeness (QED) is 0.823. The van der Waals surface area contributed by atoms with E-state index in [0.717, 1.165) is 17.2 Å². The first-order valence-corrected chi connectivity index (χ1v) is 8.41. The average molecular weight is 329 g/mol. The minimum Gasteiger partial charge on any atom is -0.477 e. The van der Waals surface area contributed by atoms with Crippen LogP contribution in [-0.4, -0.2) is 35.6 Å². The Morgan fingerprint density at radius 3 is 2.76 bits per heavy atom. The Morgan fingerprint density at radius 1 is 1.52 bits per heavy atom. The van der Waals surface area contributed by atoms with Crippen molar-refractivity contribution in [2.24, 2.45) is 7.05 Å². The van der Waals surface area contributed by atoms with Crippen LogP contribution in [0.1, 0.15) is 20.4 Å². The van der Waals surface area contributed by atoms with Crippen LogP contribution in [0.5, 0.6) is 0 Å². The van der Waals surface area contributed by atoms with Crippen LogP contribution in [-0.2, 0) is 23.5 Å². The standard InChI is InChI=1S/C12H15N3O4S2/c1-8-10(7-9(20-8)12(16)17)21(18,19)14-4-3-11-13-5-6-15(11)2/h5-7,14H,3-4H2,1-2H3,(H,16,17). The van der Waals surface area contributed by atoms with Crippen LogP contribution >= 0.6 is 11.3 Å². The number of imidazole rings is 1. The Balaban J connectivity index is 2.08. The molecule has 2 aromatic heterocycles. The van der Waals surface area contributed by atoms with Gasteiger partial charge in [-0.3, -0.25) is 0 Å². The summed E-state index contributed by atoms with van der Waals surface area (Å²) in [6, 6.07) is 1.19. The third kappa shape index (κ3) is 3.49. The average Bonchev–Trinajstić information content (AvgIpc) is 2.96. The maximum absolute atomic E-state index is 12.2. The number of thiophene rings is 1. The van der Waals surface area contributed by atoms with Crippen molar-refractivity contribution in [3.05, 3.63) is 34.0 Å². The summed E-state index contributed by atoms with van der Waals surface area (Å²) in [5.41, 5.74) is 0. The first-order valence-electron chi connectivity index (χ1n) is 6.11. The van der Waals surface area contributed by atoms with Crippen molar-refractivity contribution in [2.45, 2.75) is 18.2 Å². The second kappa shape index (κ2) is 5.96. The van der Waals surface area contributed by atoms with E-state index >= 15 is 0 Å². The molecule has 0 unspecified atom stereocenters. The minimum absolute atomic E-state index is 0.0111. The molecule has 0 aliphatic heterocycles. The van der Waals surface area contributed by atoms with Gasteiger partial charge >= 0.3 is 5.97 Å². The van der Waals surface area contributed by atoms with E-state index in [1.54, 1.807) is 19.3 Å². The molecule has 0 aliphatic carbocycles. The lowest BCUT2D eigenvalue weighted by Gasteiger charge is -2.06. The summed E-state index contributed by atoms with van der Waals surface area (Å²) < 4.78 is 28.6. The van der Waals surface area contributed by atoms with Crippen LogP contribution in [0.2, 0.25) is 0 Å². The van der Waals surface area contributed by atoms with Gasteiger partial charge in [-0.05, 0) is 13.0 Å². The Bertz CT molecular complexity index is 761. The molecule has 0 atom stereocenters. The third-order valence-corrected chi connectivity index (χ3v) is 5.69. The lowest BCUT2D eigenvalue weighted by molar-refractivity contribution is 0.0702. The molecule has 0 spiro atoms. The number of nitrogens with one attached hydrogen (secondary N) is 1. The predicted octanol–water partition coefficient (Wildman–Crippen LogP) is 1.01. The Morgan fingerprint density at radius 2 is 2.24 bits per heavy atom. The summed E-state index contributed by atoms with van der Waals surface area (Å²) in [6.07, 6.45) is 3.88. The molecule has 2 heterocycles. The van der Waals surface area contributed by atoms with Gasteiger partial charge in [-0.1, -0.05) is 0 Å². The maximum atomic E-state index is 12.2. The van der Waals surface area contributed by atoms with Gasteiger partial charge in [-0.2, -0.15) is 0 Å². The maximum Gasteiger partial charge on any atom is 0.345 e. The van der Waals surface area contributed by atoms with Crippen molar-refractivity contribution in [3.63, 3.8) is 0 Å². The number of nitrogens with zero attached hydrogens (tertiary/aromatic N) is 2. The number of aromatic nitrogens is 2. The molecular weight excluding hydrogens is 314 g/mol. The van der Waals surface area contributed by atoms with Crippen molar-refractivity contribution in [2.75, 3.05) is 6.54 Å². The lowest BCUT2D eigenvalue weighted by Crippen LogP contribution is -2.26. The van der Waals surface area contributed by atoms with Gasteiger partial charge in [-0.25, -0.2) is 22.9 Å². The first-order chi connectivity index (χ1) is 9.81. The summed E-state index contributed by atoms with van der Waals surface area (Å²) in [5.74, 6) is -0.358. The minimum atomic E-state index is -3.71. The van der Waals surface area contributed by atoms with E-state index in [4.69, 9.17) is 5.11 Å². The zero-order valence-electron chi connectivity index (χ0n) is 11.5. The zero-order chi connectivity index (χ0) is 15.6. The highest BCUT2D eigenvalue weighted by atomic mass is 32.2. The topological polar surface area (TPSA) is 101 Å². The summed E-state index contributed by atoms with van der Waals surface area (Å²) in [6.45, 7) is 1.79. The van der Waals surface area contributed by atoms with E-state index in [-0.39, 0.29) is 16.3 Å². The van der Waals surface area contributed by atoms with Gasteiger partial charge in [0.1, 0.15) is 10.7 Å². The highest BCUT2D eigenvalue weighted by Gasteiger charge is 2.21. The molecule has 0 amide bonds. The van der Waals surface area contributed by atoms with Crippen molar-refractivity contribution in [3.8, 4) is 0 Å². The Hall–Kier alpha value is -1.71. The molecular formula is C12H15N3O4S2. The highest BCUT2D eigenvalue weighted by Crippen LogP contribution is 2.25. The number of aromatic carboxylic acids is 1. The fourth-order valence-corrected chi connectivity index (χ4v) is 4.31. The van der Waals surface area contributed by atoms with Crippen LogP contribution in [0.15, 0.2) is 23.4 Å². The Kier molecular flexibility index (Phi) is 4.45. The summed E-state index contributed by atoms with van der Waals surface area (Å²) in [7, 11) is -1.88. The fourth-order valence-electron chi connectivity index (χ4n) is 1.85. The van der Waals surface area contributed by atoms with Gasteiger partial charge in [0.15, 0.2) is 0 Å². The molecule has 2 rings (SSSR count).